The predicted octanol–water partition coefficient (Wildman–Crippen LogP) is 1.09. The second-order valence-corrected chi connectivity index (χ2v) is 6.45. The molecule has 0 unspecified atom stereocenters. The van der Waals surface area contributed by atoms with Crippen LogP contribution in [-0.4, -0.2) is 47.3 Å². The summed E-state index contributed by atoms with van der Waals surface area (Å²) in [7, 11) is -1.71. The Bertz CT molecular complexity index is 926. The number of aliphatic hydroxyl groups excluding tert-OH is 1. The molecule has 0 aliphatic rings. The van der Waals surface area contributed by atoms with Gasteiger partial charge in [0, 0.05) is 5.39 Å². The number of benzene rings is 2. The van der Waals surface area contributed by atoms with E-state index in [-0.39, 0.29) is 32.0 Å². The maximum Gasteiger partial charge on any atom is 0.475 e. The van der Waals surface area contributed by atoms with Crippen molar-refractivity contribution in [3.63, 3.8) is 0 Å². The van der Waals surface area contributed by atoms with Gasteiger partial charge in [0.05, 0.1) is 25.2 Å². The number of nitrogens with one attached hydrogen (secondary N) is 1. The third kappa shape index (κ3) is 5.13. The Morgan fingerprint density at radius 2 is 2.00 bits per heavy atom. The normalized spacial score (nSPS) is 12.0. The lowest BCUT2D eigenvalue weighted by atomic mass is 9.75. The van der Waals surface area contributed by atoms with Crippen molar-refractivity contribution in [1.29, 1.82) is 0 Å². The molecule has 1 aromatic heterocycles. The summed E-state index contributed by atoms with van der Waals surface area (Å²) in [5.41, 5.74) is 2.20. The number of hydrogen-bond acceptors (Lipinski definition) is 6. The molecule has 7 nitrogen and oxygen atoms in total. The Kier molecular flexibility index (Phi) is 6.70. The Morgan fingerprint density at radius 1 is 1.18 bits per heavy atom. The van der Waals surface area contributed by atoms with Crippen LogP contribution in [0.25, 0.3) is 11.0 Å². The second kappa shape index (κ2) is 9.41. The largest absolute Gasteiger partial charge is 0.491 e. The van der Waals surface area contributed by atoms with Gasteiger partial charge in [0.25, 0.3) is 0 Å². The molecule has 0 radical (unpaired) electrons. The summed E-state index contributed by atoms with van der Waals surface area (Å²) in [6.45, 7) is 0.0799. The Balaban J connectivity index is 1.65. The number of hydrogen-bond donors (Lipinski definition) is 4. The molecular formula is C20H22BNO6. The number of fused-ring (bicyclic) bond motifs is 1. The molecule has 3 rings (SSSR count). The summed E-state index contributed by atoms with van der Waals surface area (Å²) >= 11 is 0. The second-order valence-electron chi connectivity index (χ2n) is 6.45. The number of aliphatic hydroxyl groups is 1. The first-order valence-electron chi connectivity index (χ1n) is 9.00. The lowest BCUT2D eigenvalue weighted by molar-refractivity contribution is -0.120. The van der Waals surface area contributed by atoms with Crippen LogP contribution in [0, 0.1) is 0 Å². The van der Waals surface area contributed by atoms with Gasteiger partial charge < -0.3 is 29.6 Å². The molecule has 1 amide bonds. The Hall–Kier alpha value is -2.81. The quantitative estimate of drug-likeness (QED) is 0.412. The van der Waals surface area contributed by atoms with E-state index in [1.54, 1.807) is 30.5 Å². The highest BCUT2D eigenvalue weighted by molar-refractivity contribution is 6.43. The van der Waals surface area contributed by atoms with Gasteiger partial charge in [0.15, 0.2) is 0 Å². The van der Waals surface area contributed by atoms with Crippen molar-refractivity contribution in [2.24, 2.45) is 0 Å². The molecule has 0 bridgehead atoms. The fraction of sp³-hybridized carbons (Fsp3) is 0.250. The summed E-state index contributed by atoms with van der Waals surface area (Å²) < 4.78 is 10.8. The molecule has 0 aliphatic carbocycles. The number of para-hydroxylation sites is 1. The SMILES string of the molecule is O=C(Cc1cccc(OCCO)c1)N[C@@H](Cc1coc2ccccc12)B(O)O. The van der Waals surface area contributed by atoms with E-state index in [2.05, 4.69) is 5.32 Å². The van der Waals surface area contributed by atoms with Crippen LogP contribution in [-0.2, 0) is 17.6 Å². The molecule has 0 saturated carbocycles. The van der Waals surface area contributed by atoms with E-state index >= 15 is 0 Å². The van der Waals surface area contributed by atoms with Gasteiger partial charge in [-0.25, -0.2) is 0 Å². The maximum absolute atomic E-state index is 12.4. The van der Waals surface area contributed by atoms with Gasteiger partial charge in [-0.05, 0) is 35.7 Å². The summed E-state index contributed by atoms with van der Waals surface area (Å²) in [6, 6.07) is 14.4. The molecule has 1 atom stereocenters. The van der Waals surface area contributed by atoms with Gasteiger partial charge in [0.2, 0.25) is 5.91 Å². The lowest BCUT2D eigenvalue weighted by Gasteiger charge is -2.17. The van der Waals surface area contributed by atoms with Crippen LogP contribution in [0.2, 0.25) is 0 Å². The number of ether oxygens (including phenoxy) is 1. The molecular weight excluding hydrogens is 361 g/mol. The van der Waals surface area contributed by atoms with Gasteiger partial charge in [-0.3, -0.25) is 4.79 Å². The fourth-order valence-corrected chi connectivity index (χ4v) is 3.01. The van der Waals surface area contributed by atoms with Crippen molar-refractivity contribution in [1.82, 2.24) is 5.32 Å². The van der Waals surface area contributed by atoms with E-state index in [4.69, 9.17) is 14.3 Å². The molecule has 4 N–H and O–H groups in total. The number of furan rings is 1. The first-order valence-corrected chi connectivity index (χ1v) is 9.00. The van der Waals surface area contributed by atoms with Gasteiger partial charge in [0.1, 0.15) is 17.9 Å². The average Bonchev–Trinajstić information content (AvgIpc) is 3.09. The van der Waals surface area contributed by atoms with Crippen LogP contribution < -0.4 is 10.1 Å². The van der Waals surface area contributed by atoms with E-state index in [0.717, 1.165) is 10.9 Å². The molecule has 2 aromatic carbocycles. The van der Waals surface area contributed by atoms with E-state index < -0.39 is 13.1 Å². The van der Waals surface area contributed by atoms with Crippen LogP contribution in [0.5, 0.6) is 5.75 Å². The van der Waals surface area contributed by atoms with Gasteiger partial charge in [-0.1, -0.05) is 30.3 Å². The van der Waals surface area contributed by atoms with Crippen molar-refractivity contribution in [2.75, 3.05) is 13.2 Å². The summed E-state index contributed by atoms with van der Waals surface area (Å²) in [6.07, 6.45) is 1.85. The lowest BCUT2D eigenvalue weighted by Crippen LogP contribution is -2.48. The van der Waals surface area contributed by atoms with E-state index in [0.29, 0.717) is 16.9 Å². The Morgan fingerprint density at radius 3 is 2.79 bits per heavy atom. The monoisotopic (exact) mass is 383 g/mol. The minimum absolute atomic E-state index is 0.0612. The van der Waals surface area contributed by atoms with Gasteiger partial charge in [-0.2, -0.15) is 0 Å². The molecule has 28 heavy (non-hydrogen) atoms. The minimum atomic E-state index is -1.71. The zero-order valence-corrected chi connectivity index (χ0v) is 15.2. The zero-order valence-electron chi connectivity index (χ0n) is 15.2. The van der Waals surface area contributed by atoms with Crippen molar-refractivity contribution in [2.45, 2.75) is 18.8 Å². The molecule has 0 saturated heterocycles. The smallest absolute Gasteiger partial charge is 0.475 e. The summed E-state index contributed by atoms with van der Waals surface area (Å²) in [5, 5.41) is 31.8. The Labute approximate surface area is 162 Å². The van der Waals surface area contributed by atoms with Crippen LogP contribution in [0.3, 0.4) is 0 Å². The van der Waals surface area contributed by atoms with Crippen LogP contribution in [0.1, 0.15) is 11.1 Å². The van der Waals surface area contributed by atoms with E-state index in [1.807, 2.05) is 24.3 Å². The number of carbonyl (C=O) groups is 1. The zero-order chi connectivity index (χ0) is 19.9. The molecule has 1 heterocycles. The fourth-order valence-electron chi connectivity index (χ4n) is 3.01. The third-order valence-electron chi connectivity index (χ3n) is 4.33. The number of amides is 1. The minimum Gasteiger partial charge on any atom is -0.491 e. The molecule has 0 aliphatic heterocycles. The van der Waals surface area contributed by atoms with Crippen LogP contribution >= 0.6 is 0 Å². The molecule has 0 fully saturated rings. The van der Waals surface area contributed by atoms with Crippen LogP contribution in [0.4, 0.5) is 0 Å². The number of rotatable bonds is 9. The standard InChI is InChI=1S/C20H22BNO6/c23-8-9-27-16-5-3-4-14(10-16)11-20(24)22-19(21(25)26)12-15-13-28-18-7-2-1-6-17(15)18/h1-7,10,13,19,23,25-26H,8-9,11-12H2,(H,22,24)/t19-/m0/s1. The predicted molar refractivity (Wildman–Crippen MR) is 105 cm³/mol. The van der Waals surface area contributed by atoms with Crippen molar-refractivity contribution in [3.05, 3.63) is 65.9 Å². The van der Waals surface area contributed by atoms with Crippen molar-refractivity contribution >= 4 is 24.0 Å². The van der Waals surface area contributed by atoms with Crippen molar-refractivity contribution < 1.29 is 29.1 Å². The van der Waals surface area contributed by atoms with E-state index in [1.165, 1.54) is 0 Å². The highest BCUT2D eigenvalue weighted by Gasteiger charge is 2.27. The summed E-state index contributed by atoms with van der Waals surface area (Å²) in [5.74, 6) is -0.657. The molecule has 3 aromatic rings. The first-order chi connectivity index (χ1) is 13.6. The van der Waals surface area contributed by atoms with Crippen LogP contribution in [0.15, 0.2) is 59.2 Å². The third-order valence-corrected chi connectivity index (χ3v) is 4.33. The van der Waals surface area contributed by atoms with Crippen molar-refractivity contribution in [3.8, 4) is 5.75 Å². The maximum atomic E-state index is 12.4. The number of carbonyl (C=O) groups excluding carboxylic acids is 1. The first kappa shape index (κ1) is 19.9. The van der Waals surface area contributed by atoms with E-state index in [9.17, 15) is 14.8 Å². The molecule has 146 valence electrons. The molecule has 8 heteroatoms. The topological polar surface area (TPSA) is 112 Å². The summed E-state index contributed by atoms with van der Waals surface area (Å²) in [4.78, 5) is 12.4. The molecule has 0 spiro atoms. The highest BCUT2D eigenvalue weighted by Crippen LogP contribution is 2.22. The average molecular weight is 383 g/mol. The highest BCUT2D eigenvalue weighted by atomic mass is 16.5. The van der Waals surface area contributed by atoms with Gasteiger partial charge >= 0.3 is 7.12 Å². The van der Waals surface area contributed by atoms with Gasteiger partial charge in [-0.15, -0.1) is 0 Å².